The van der Waals surface area contributed by atoms with Crippen molar-refractivity contribution in [3.05, 3.63) is 18.0 Å². The van der Waals surface area contributed by atoms with Crippen molar-refractivity contribution < 1.29 is 22.7 Å². The van der Waals surface area contributed by atoms with Crippen LogP contribution in [-0.4, -0.2) is 87.5 Å². The van der Waals surface area contributed by atoms with Crippen molar-refractivity contribution in [2.75, 3.05) is 57.6 Å². The maximum atomic E-state index is 11.6. The molecular formula is C16H27N5O5S. The summed E-state index contributed by atoms with van der Waals surface area (Å²) in [6.45, 7) is 4.37. The molecule has 0 saturated carbocycles. The number of nitrogens with zero attached hydrogens (tertiary/aromatic N) is 4. The topological polar surface area (TPSA) is 114 Å². The summed E-state index contributed by atoms with van der Waals surface area (Å²) >= 11 is 0. The minimum Gasteiger partial charge on any atom is -0.465 e. The van der Waals surface area contributed by atoms with Gasteiger partial charge < -0.3 is 19.7 Å². The van der Waals surface area contributed by atoms with E-state index in [9.17, 15) is 13.2 Å². The molecule has 1 atom stereocenters. The van der Waals surface area contributed by atoms with Gasteiger partial charge in [0.05, 0.1) is 25.6 Å². The van der Waals surface area contributed by atoms with Crippen LogP contribution in [0.5, 0.6) is 0 Å². The van der Waals surface area contributed by atoms with Crippen molar-refractivity contribution in [3.8, 4) is 0 Å². The molecule has 0 bridgehead atoms. The van der Waals surface area contributed by atoms with Gasteiger partial charge in [0.2, 0.25) is 16.0 Å². The number of hydrogen-bond donors (Lipinski definition) is 1. The Bertz CT molecular complexity index is 712. The monoisotopic (exact) mass is 401 g/mol. The molecule has 0 radical (unpaired) electrons. The standard InChI is InChI=1S/C16H27N5O5S/c1-4-25-15(22)12-20(2)16-18-8-13(9-19-16)7-17-10-14-11-21(5-6-26-14)27(3,23)24/h8-9,14,17H,4-7,10-12H2,1-3H3. The van der Waals surface area contributed by atoms with Gasteiger partial charge in [0.15, 0.2) is 0 Å². The number of aromatic nitrogens is 2. The maximum Gasteiger partial charge on any atom is 0.325 e. The fourth-order valence-electron chi connectivity index (χ4n) is 2.60. The predicted octanol–water partition coefficient (Wildman–Crippen LogP) is -0.774. The summed E-state index contributed by atoms with van der Waals surface area (Å²) in [7, 11) is -1.47. The predicted molar refractivity (Wildman–Crippen MR) is 99.8 cm³/mol. The van der Waals surface area contributed by atoms with Gasteiger partial charge >= 0.3 is 5.97 Å². The van der Waals surface area contributed by atoms with E-state index in [0.717, 1.165) is 5.56 Å². The molecule has 1 fully saturated rings. The van der Waals surface area contributed by atoms with Gasteiger partial charge in [0.25, 0.3) is 0 Å². The SMILES string of the molecule is CCOC(=O)CN(C)c1ncc(CNCC2CN(S(C)(=O)=O)CCO2)cn1. The molecule has 152 valence electrons. The molecule has 0 amide bonds. The van der Waals surface area contributed by atoms with Crippen molar-refractivity contribution >= 4 is 21.9 Å². The molecule has 1 unspecified atom stereocenters. The Morgan fingerprint density at radius 3 is 2.78 bits per heavy atom. The summed E-state index contributed by atoms with van der Waals surface area (Å²) in [6.07, 6.45) is 4.38. The number of anilines is 1. The minimum atomic E-state index is -3.19. The lowest BCUT2D eigenvalue weighted by Crippen LogP contribution is -2.48. The Morgan fingerprint density at radius 2 is 2.15 bits per heavy atom. The number of carbonyl (C=O) groups is 1. The zero-order valence-electron chi connectivity index (χ0n) is 15.9. The maximum absolute atomic E-state index is 11.6. The minimum absolute atomic E-state index is 0.0846. The second-order valence-electron chi connectivity index (χ2n) is 6.30. The van der Waals surface area contributed by atoms with Crippen LogP contribution in [0.4, 0.5) is 5.95 Å². The third kappa shape index (κ3) is 7.01. The number of carbonyl (C=O) groups excluding carboxylic acids is 1. The van der Waals surface area contributed by atoms with Crippen LogP contribution in [0.2, 0.25) is 0 Å². The highest BCUT2D eigenvalue weighted by atomic mass is 32.2. The zero-order chi connectivity index (χ0) is 19.9. The Balaban J connectivity index is 1.77. The van der Waals surface area contributed by atoms with Crippen LogP contribution in [0.25, 0.3) is 0 Å². The number of esters is 1. The number of rotatable bonds is 9. The number of hydrogen-bond acceptors (Lipinski definition) is 9. The number of likely N-dealkylation sites (N-methyl/N-ethyl adjacent to an activating group) is 1. The first-order valence-corrected chi connectivity index (χ1v) is 10.6. The molecule has 1 N–H and O–H groups in total. The quantitative estimate of drug-likeness (QED) is 0.533. The van der Waals surface area contributed by atoms with Crippen molar-refractivity contribution in [1.29, 1.82) is 0 Å². The summed E-state index contributed by atoms with van der Waals surface area (Å²) in [6, 6.07) is 0. The molecule has 0 aromatic carbocycles. The lowest BCUT2D eigenvalue weighted by atomic mass is 10.3. The highest BCUT2D eigenvalue weighted by Gasteiger charge is 2.26. The largest absolute Gasteiger partial charge is 0.465 e. The van der Waals surface area contributed by atoms with E-state index in [2.05, 4.69) is 15.3 Å². The number of nitrogens with one attached hydrogen (secondary N) is 1. The molecule has 2 heterocycles. The Labute approximate surface area is 159 Å². The Morgan fingerprint density at radius 1 is 1.44 bits per heavy atom. The van der Waals surface area contributed by atoms with Gasteiger partial charge in [-0.2, -0.15) is 4.31 Å². The number of ether oxygens (including phenoxy) is 2. The average molecular weight is 401 g/mol. The lowest BCUT2D eigenvalue weighted by molar-refractivity contribution is -0.141. The van der Waals surface area contributed by atoms with Crippen LogP contribution >= 0.6 is 0 Å². The number of morpholine rings is 1. The Kier molecular flexibility index (Phi) is 7.90. The van der Waals surface area contributed by atoms with E-state index in [1.807, 2.05) is 0 Å². The van der Waals surface area contributed by atoms with Gasteiger partial charge in [0, 0.05) is 51.2 Å². The van der Waals surface area contributed by atoms with E-state index >= 15 is 0 Å². The molecule has 1 aromatic rings. The van der Waals surface area contributed by atoms with E-state index in [1.165, 1.54) is 10.6 Å². The molecule has 1 aliphatic heterocycles. The first-order chi connectivity index (χ1) is 12.8. The summed E-state index contributed by atoms with van der Waals surface area (Å²) in [5.74, 6) is 0.108. The second-order valence-corrected chi connectivity index (χ2v) is 8.28. The third-order valence-electron chi connectivity index (χ3n) is 3.98. The van der Waals surface area contributed by atoms with E-state index in [-0.39, 0.29) is 18.6 Å². The van der Waals surface area contributed by atoms with E-state index < -0.39 is 10.0 Å². The molecule has 0 spiro atoms. The van der Waals surface area contributed by atoms with Gasteiger partial charge in [-0.1, -0.05) is 0 Å². The highest BCUT2D eigenvalue weighted by Crippen LogP contribution is 2.09. The lowest BCUT2D eigenvalue weighted by Gasteiger charge is -2.31. The molecule has 27 heavy (non-hydrogen) atoms. The van der Waals surface area contributed by atoms with Gasteiger partial charge in [0.1, 0.15) is 6.54 Å². The van der Waals surface area contributed by atoms with Crippen LogP contribution in [-0.2, 0) is 30.8 Å². The van der Waals surface area contributed by atoms with Crippen LogP contribution in [0, 0.1) is 0 Å². The summed E-state index contributed by atoms with van der Waals surface area (Å²) in [4.78, 5) is 21.6. The normalized spacial score (nSPS) is 18.3. The molecule has 11 heteroatoms. The van der Waals surface area contributed by atoms with Gasteiger partial charge in [-0.3, -0.25) is 4.79 Å². The fraction of sp³-hybridized carbons (Fsp3) is 0.688. The van der Waals surface area contributed by atoms with Crippen molar-refractivity contribution in [2.45, 2.75) is 19.6 Å². The van der Waals surface area contributed by atoms with Crippen molar-refractivity contribution in [2.24, 2.45) is 0 Å². The molecule has 1 aromatic heterocycles. The molecule has 10 nitrogen and oxygen atoms in total. The van der Waals surface area contributed by atoms with Crippen LogP contribution in [0.1, 0.15) is 12.5 Å². The molecule has 0 aliphatic carbocycles. The average Bonchev–Trinajstić information content (AvgIpc) is 2.62. The van der Waals surface area contributed by atoms with Crippen LogP contribution < -0.4 is 10.2 Å². The fourth-order valence-corrected chi connectivity index (χ4v) is 3.45. The third-order valence-corrected chi connectivity index (χ3v) is 5.25. The van der Waals surface area contributed by atoms with Gasteiger partial charge in [-0.25, -0.2) is 18.4 Å². The van der Waals surface area contributed by atoms with E-state index in [1.54, 1.807) is 31.3 Å². The van der Waals surface area contributed by atoms with Gasteiger partial charge in [-0.05, 0) is 6.92 Å². The Hall–Kier alpha value is -1.82. The smallest absolute Gasteiger partial charge is 0.325 e. The number of sulfonamides is 1. The summed E-state index contributed by atoms with van der Waals surface area (Å²) in [5, 5.41) is 3.23. The summed E-state index contributed by atoms with van der Waals surface area (Å²) < 4.78 is 35.2. The highest BCUT2D eigenvalue weighted by molar-refractivity contribution is 7.88. The van der Waals surface area contributed by atoms with Gasteiger partial charge in [-0.15, -0.1) is 0 Å². The van der Waals surface area contributed by atoms with E-state index in [0.29, 0.717) is 45.3 Å². The first kappa shape index (κ1) is 21.5. The second kappa shape index (κ2) is 9.93. The molecule has 2 rings (SSSR count). The zero-order valence-corrected chi connectivity index (χ0v) is 16.7. The van der Waals surface area contributed by atoms with Crippen LogP contribution in [0.3, 0.4) is 0 Å². The summed E-state index contributed by atoms with van der Waals surface area (Å²) in [5.41, 5.74) is 0.874. The van der Waals surface area contributed by atoms with Crippen LogP contribution in [0.15, 0.2) is 12.4 Å². The van der Waals surface area contributed by atoms with Crippen molar-refractivity contribution in [1.82, 2.24) is 19.6 Å². The first-order valence-electron chi connectivity index (χ1n) is 8.74. The molecule has 1 aliphatic rings. The van der Waals surface area contributed by atoms with Crippen molar-refractivity contribution in [3.63, 3.8) is 0 Å². The van der Waals surface area contributed by atoms with E-state index in [4.69, 9.17) is 9.47 Å². The molecule has 1 saturated heterocycles. The molecular weight excluding hydrogens is 374 g/mol.